The third-order valence-electron chi connectivity index (χ3n) is 2.89. The summed E-state index contributed by atoms with van der Waals surface area (Å²) in [6.07, 6.45) is 2.01. The van der Waals surface area contributed by atoms with E-state index in [0.29, 0.717) is 10.9 Å². The Labute approximate surface area is 131 Å². The normalized spacial score (nSPS) is 12.6. The fraction of sp³-hybridized carbons (Fsp3) is 0.286. The number of aromatic nitrogens is 1. The maximum Gasteiger partial charge on any atom is 0.316 e. The average molecular weight is 328 g/mol. The SMILES string of the molecule is CSc1ccc2cc(CS[C@@H](C)C(=O)O)c(Cl)nc2c1. The molecule has 0 spiro atoms. The molecule has 2 aromatic rings. The van der Waals surface area contributed by atoms with Crippen molar-refractivity contribution in [2.24, 2.45) is 0 Å². The van der Waals surface area contributed by atoms with Crippen molar-refractivity contribution in [1.82, 2.24) is 4.98 Å². The molecule has 0 aliphatic carbocycles. The number of halogens is 1. The second-order valence-corrected chi connectivity index (χ2v) is 6.86. The molecule has 20 heavy (non-hydrogen) atoms. The van der Waals surface area contributed by atoms with Crippen LogP contribution in [0.4, 0.5) is 0 Å². The molecule has 0 unspecified atom stereocenters. The van der Waals surface area contributed by atoms with Crippen LogP contribution >= 0.6 is 35.1 Å². The third-order valence-corrected chi connectivity index (χ3v) is 5.12. The monoisotopic (exact) mass is 327 g/mol. The van der Waals surface area contributed by atoms with Crippen molar-refractivity contribution in [3.05, 3.63) is 35.0 Å². The molecule has 3 nitrogen and oxygen atoms in total. The molecule has 0 fully saturated rings. The molecule has 6 heteroatoms. The van der Waals surface area contributed by atoms with Gasteiger partial charge in [-0.25, -0.2) is 4.98 Å². The first-order chi connectivity index (χ1) is 9.51. The van der Waals surface area contributed by atoms with E-state index in [1.165, 1.54) is 11.8 Å². The topological polar surface area (TPSA) is 50.2 Å². The molecule has 1 aromatic heterocycles. The van der Waals surface area contributed by atoms with Crippen molar-refractivity contribution in [3.8, 4) is 0 Å². The van der Waals surface area contributed by atoms with Gasteiger partial charge in [-0.15, -0.1) is 23.5 Å². The van der Waals surface area contributed by atoms with Crippen LogP contribution < -0.4 is 0 Å². The Morgan fingerprint density at radius 1 is 1.45 bits per heavy atom. The van der Waals surface area contributed by atoms with Gasteiger partial charge in [-0.3, -0.25) is 4.79 Å². The summed E-state index contributed by atoms with van der Waals surface area (Å²) in [5.41, 5.74) is 1.73. The van der Waals surface area contributed by atoms with Crippen LogP contribution in [-0.4, -0.2) is 27.6 Å². The number of hydrogen-bond donors (Lipinski definition) is 1. The van der Waals surface area contributed by atoms with E-state index in [4.69, 9.17) is 16.7 Å². The summed E-state index contributed by atoms with van der Waals surface area (Å²) >= 11 is 9.18. The van der Waals surface area contributed by atoms with Crippen LogP contribution in [0.1, 0.15) is 12.5 Å². The first-order valence-electron chi connectivity index (χ1n) is 5.99. The van der Waals surface area contributed by atoms with E-state index < -0.39 is 11.2 Å². The van der Waals surface area contributed by atoms with Crippen molar-refractivity contribution in [2.75, 3.05) is 6.26 Å². The Hall–Kier alpha value is -0.910. The molecular weight excluding hydrogens is 314 g/mol. The first-order valence-corrected chi connectivity index (χ1v) is 8.64. The molecule has 2 rings (SSSR count). The lowest BCUT2D eigenvalue weighted by molar-refractivity contribution is -0.136. The zero-order chi connectivity index (χ0) is 14.7. The molecule has 1 aromatic carbocycles. The summed E-state index contributed by atoms with van der Waals surface area (Å²) in [5.74, 6) is -0.274. The lowest BCUT2D eigenvalue weighted by atomic mass is 10.2. The van der Waals surface area contributed by atoms with Crippen LogP contribution in [0.2, 0.25) is 5.15 Å². The Kier molecular flexibility index (Phi) is 5.18. The Bertz CT molecular complexity index is 648. The van der Waals surface area contributed by atoms with E-state index in [2.05, 4.69) is 4.98 Å². The van der Waals surface area contributed by atoms with E-state index in [0.717, 1.165) is 21.4 Å². The second-order valence-electron chi connectivity index (χ2n) is 4.29. The van der Waals surface area contributed by atoms with E-state index in [1.807, 2.05) is 30.5 Å². The third kappa shape index (κ3) is 3.59. The van der Waals surface area contributed by atoms with E-state index in [-0.39, 0.29) is 0 Å². The number of pyridine rings is 1. The minimum atomic E-state index is -0.815. The molecule has 0 radical (unpaired) electrons. The lowest BCUT2D eigenvalue weighted by Gasteiger charge is -2.09. The van der Waals surface area contributed by atoms with E-state index in [1.54, 1.807) is 18.7 Å². The Balaban J connectivity index is 2.26. The number of rotatable bonds is 5. The largest absolute Gasteiger partial charge is 0.480 e. The van der Waals surface area contributed by atoms with Crippen LogP contribution in [0.15, 0.2) is 29.2 Å². The van der Waals surface area contributed by atoms with Crippen LogP contribution in [0, 0.1) is 0 Å². The molecule has 1 atom stereocenters. The maximum atomic E-state index is 10.8. The maximum absolute atomic E-state index is 10.8. The standard InChI is InChI=1S/C14H14ClNO2S2/c1-8(14(17)18)20-7-10-5-9-3-4-11(19-2)6-12(9)16-13(10)15/h3-6,8H,7H2,1-2H3,(H,17,18)/t8-/m0/s1. The fourth-order valence-corrected chi connectivity index (χ4v) is 3.20. The van der Waals surface area contributed by atoms with Crippen LogP contribution in [0.3, 0.4) is 0 Å². The molecule has 106 valence electrons. The summed E-state index contributed by atoms with van der Waals surface area (Å²) < 4.78 is 0. The van der Waals surface area contributed by atoms with Gasteiger partial charge < -0.3 is 5.11 Å². The van der Waals surface area contributed by atoms with Gasteiger partial charge in [0.1, 0.15) is 5.15 Å². The number of aliphatic carboxylic acids is 1. The van der Waals surface area contributed by atoms with E-state index >= 15 is 0 Å². The van der Waals surface area contributed by atoms with Gasteiger partial charge in [0.05, 0.1) is 10.8 Å². The highest BCUT2D eigenvalue weighted by Crippen LogP contribution is 2.28. The summed E-state index contributed by atoms with van der Waals surface area (Å²) in [5, 5.41) is 9.89. The van der Waals surface area contributed by atoms with Crippen molar-refractivity contribution in [1.29, 1.82) is 0 Å². The van der Waals surface area contributed by atoms with Crippen LogP contribution in [0.25, 0.3) is 10.9 Å². The average Bonchev–Trinajstić information content (AvgIpc) is 2.43. The minimum absolute atomic E-state index is 0.445. The molecular formula is C14H14ClNO2S2. The molecule has 0 amide bonds. The number of fused-ring (bicyclic) bond motifs is 1. The zero-order valence-corrected chi connectivity index (χ0v) is 13.5. The molecule has 0 saturated carbocycles. The fourth-order valence-electron chi connectivity index (χ4n) is 1.68. The van der Waals surface area contributed by atoms with Crippen LogP contribution in [0.5, 0.6) is 0 Å². The number of carboxylic acids is 1. The summed E-state index contributed by atoms with van der Waals surface area (Å²) in [7, 11) is 0. The van der Waals surface area contributed by atoms with E-state index in [9.17, 15) is 4.79 Å². The number of nitrogens with zero attached hydrogens (tertiary/aromatic N) is 1. The summed E-state index contributed by atoms with van der Waals surface area (Å²) in [6.45, 7) is 1.67. The van der Waals surface area contributed by atoms with Gasteiger partial charge in [0.2, 0.25) is 0 Å². The van der Waals surface area contributed by atoms with Crippen molar-refractivity contribution in [2.45, 2.75) is 22.8 Å². The first kappa shape index (κ1) is 15.5. The highest BCUT2D eigenvalue weighted by atomic mass is 35.5. The van der Waals surface area contributed by atoms with Gasteiger partial charge >= 0.3 is 5.97 Å². The van der Waals surface area contributed by atoms with Gasteiger partial charge in [-0.1, -0.05) is 17.7 Å². The number of benzene rings is 1. The van der Waals surface area contributed by atoms with Gasteiger partial charge in [0, 0.05) is 21.6 Å². The number of carbonyl (C=O) groups is 1. The number of hydrogen-bond acceptors (Lipinski definition) is 4. The van der Waals surface area contributed by atoms with Gasteiger partial charge in [0.15, 0.2) is 0 Å². The van der Waals surface area contributed by atoms with Gasteiger partial charge in [0.25, 0.3) is 0 Å². The molecule has 0 saturated heterocycles. The highest BCUT2D eigenvalue weighted by molar-refractivity contribution is 7.99. The lowest BCUT2D eigenvalue weighted by Crippen LogP contribution is -2.11. The quantitative estimate of drug-likeness (QED) is 0.654. The smallest absolute Gasteiger partial charge is 0.316 e. The highest BCUT2D eigenvalue weighted by Gasteiger charge is 2.13. The molecule has 0 bridgehead atoms. The van der Waals surface area contributed by atoms with Crippen molar-refractivity contribution in [3.63, 3.8) is 0 Å². The summed E-state index contributed by atoms with van der Waals surface area (Å²) in [4.78, 5) is 16.4. The van der Waals surface area contributed by atoms with Crippen molar-refractivity contribution < 1.29 is 9.90 Å². The predicted octanol–water partition coefficient (Wildman–Crippen LogP) is 4.32. The minimum Gasteiger partial charge on any atom is -0.480 e. The Morgan fingerprint density at radius 2 is 2.20 bits per heavy atom. The molecule has 1 N–H and O–H groups in total. The molecule has 0 aliphatic rings. The predicted molar refractivity (Wildman–Crippen MR) is 86.9 cm³/mol. The second kappa shape index (κ2) is 6.70. The Morgan fingerprint density at radius 3 is 2.85 bits per heavy atom. The summed E-state index contributed by atoms with van der Waals surface area (Å²) in [6, 6.07) is 8.04. The number of carboxylic acid groups (broad SMARTS) is 1. The van der Waals surface area contributed by atoms with Gasteiger partial charge in [-0.2, -0.15) is 0 Å². The molecule has 0 aliphatic heterocycles. The molecule has 1 heterocycles. The number of thioether (sulfide) groups is 2. The van der Waals surface area contributed by atoms with Gasteiger partial charge in [-0.05, 0) is 31.4 Å². The van der Waals surface area contributed by atoms with Crippen molar-refractivity contribution >= 4 is 52.0 Å². The zero-order valence-electron chi connectivity index (χ0n) is 11.1. The van der Waals surface area contributed by atoms with Crippen LogP contribution in [-0.2, 0) is 10.5 Å².